The summed E-state index contributed by atoms with van der Waals surface area (Å²) in [6.07, 6.45) is 6.11. The SMILES string of the molecule is Cn1c(=O)oc2cc(CCCCNC3CC3)ccc21. The number of nitrogens with zero attached hydrogens (tertiary/aromatic N) is 1. The molecule has 1 aliphatic carbocycles. The van der Waals surface area contributed by atoms with Gasteiger partial charge in [-0.1, -0.05) is 6.07 Å². The maximum Gasteiger partial charge on any atom is 0.419 e. The molecule has 0 aliphatic heterocycles. The van der Waals surface area contributed by atoms with Gasteiger partial charge < -0.3 is 9.73 Å². The van der Waals surface area contributed by atoms with Crippen molar-refractivity contribution in [1.29, 1.82) is 0 Å². The van der Waals surface area contributed by atoms with Gasteiger partial charge in [-0.2, -0.15) is 0 Å². The highest BCUT2D eigenvalue weighted by molar-refractivity contribution is 5.73. The van der Waals surface area contributed by atoms with Crippen LogP contribution in [0, 0.1) is 0 Å². The summed E-state index contributed by atoms with van der Waals surface area (Å²) >= 11 is 0. The van der Waals surface area contributed by atoms with E-state index in [0.717, 1.165) is 24.5 Å². The number of benzene rings is 1. The maximum absolute atomic E-state index is 11.4. The lowest BCUT2D eigenvalue weighted by Crippen LogP contribution is -2.17. The van der Waals surface area contributed by atoms with Gasteiger partial charge in [0.05, 0.1) is 5.52 Å². The molecule has 0 spiro atoms. The third-order valence-electron chi connectivity index (χ3n) is 3.76. The van der Waals surface area contributed by atoms with Crippen molar-refractivity contribution < 1.29 is 4.42 Å². The Morgan fingerprint density at radius 1 is 1.37 bits per heavy atom. The molecule has 0 amide bonds. The van der Waals surface area contributed by atoms with Gasteiger partial charge in [0.15, 0.2) is 5.58 Å². The van der Waals surface area contributed by atoms with E-state index in [9.17, 15) is 4.79 Å². The number of hydrogen-bond acceptors (Lipinski definition) is 3. The topological polar surface area (TPSA) is 47.2 Å². The van der Waals surface area contributed by atoms with Crippen LogP contribution in [0.4, 0.5) is 0 Å². The van der Waals surface area contributed by atoms with Crippen molar-refractivity contribution in [2.24, 2.45) is 7.05 Å². The van der Waals surface area contributed by atoms with Crippen LogP contribution in [0.2, 0.25) is 0 Å². The van der Waals surface area contributed by atoms with Crippen LogP contribution in [0.3, 0.4) is 0 Å². The number of nitrogens with one attached hydrogen (secondary N) is 1. The second-order valence-electron chi connectivity index (χ2n) is 5.41. The lowest BCUT2D eigenvalue weighted by Gasteiger charge is -2.03. The van der Waals surface area contributed by atoms with E-state index in [2.05, 4.69) is 11.4 Å². The van der Waals surface area contributed by atoms with Crippen LogP contribution in [0.5, 0.6) is 0 Å². The monoisotopic (exact) mass is 260 g/mol. The Morgan fingerprint density at radius 3 is 3.00 bits per heavy atom. The van der Waals surface area contributed by atoms with Crippen LogP contribution in [-0.2, 0) is 13.5 Å². The van der Waals surface area contributed by atoms with Crippen LogP contribution in [0.1, 0.15) is 31.2 Å². The molecule has 0 atom stereocenters. The Morgan fingerprint density at radius 2 is 2.21 bits per heavy atom. The molecule has 0 unspecified atom stereocenters. The van der Waals surface area contributed by atoms with Gasteiger partial charge in [-0.3, -0.25) is 4.57 Å². The molecule has 1 aromatic carbocycles. The number of rotatable bonds is 6. The summed E-state index contributed by atoms with van der Waals surface area (Å²) in [4.78, 5) is 11.4. The molecule has 2 aromatic rings. The predicted octanol–water partition coefficient (Wildman–Crippen LogP) is 2.21. The second kappa shape index (κ2) is 5.21. The minimum atomic E-state index is -0.291. The predicted molar refractivity (Wildman–Crippen MR) is 75.4 cm³/mol. The first-order valence-corrected chi connectivity index (χ1v) is 7.06. The van der Waals surface area contributed by atoms with Gasteiger partial charge in [0.1, 0.15) is 0 Å². The molecule has 0 saturated heterocycles. The average molecular weight is 260 g/mol. The van der Waals surface area contributed by atoms with Crippen LogP contribution < -0.4 is 11.1 Å². The van der Waals surface area contributed by atoms with Crippen LogP contribution in [0.25, 0.3) is 11.1 Å². The highest BCUT2D eigenvalue weighted by Gasteiger charge is 2.19. The standard InChI is InChI=1S/C15H20N2O2/c1-17-13-8-5-11(10-14(13)19-15(17)18)4-2-3-9-16-12-6-7-12/h5,8,10,12,16H,2-4,6-7,9H2,1H3. The fourth-order valence-corrected chi connectivity index (χ4v) is 2.38. The average Bonchev–Trinajstić information content (AvgIpc) is 3.17. The second-order valence-corrected chi connectivity index (χ2v) is 5.41. The Hall–Kier alpha value is -1.55. The maximum atomic E-state index is 11.4. The van der Waals surface area contributed by atoms with Gasteiger partial charge in [-0.15, -0.1) is 0 Å². The number of hydrogen-bond donors (Lipinski definition) is 1. The number of oxazole rings is 1. The number of aromatic nitrogens is 1. The Balaban J connectivity index is 1.56. The molecule has 1 aliphatic rings. The molecule has 19 heavy (non-hydrogen) atoms. The van der Waals surface area contributed by atoms with Crippen molar-refractivity contribution in [2.75, 3.05) is 6.54 Å². The molecule has 1 aromatic heterocycles. The summed E-state index contributed by atoms with van der Waals surface area (Å²) < 4.78 is 6.74. The largest absolute Gasteiger partial charge is 0.419 e. The zero-order valence-electron chi connectivity index (χ0n) is 11.3. The summed E-state index contributed by atoms with van der Waals surface area (Å²) in [5.41, 5.74) is 2.80. The fraction of sp³-hybridized carbons (Fsp3) is 0.533. The van der Waals surface area contributed by atoms with Gasteiger partial charge in [-0.05, 0) is 56.3 Å². The van der Waals surface area contributed by atoms with Gasteiger partial charge in [0.2, 0.25) is 0 Å². The fourth-order valence-electron chi connectivity index (χ4n) is 2.38. The van der Waals surface area contributed by atoms with Gasteiger partial charge >= 0.3 is 5.76 Å². The van der Waals surface area contributed by atoms with E-state index in [1.165, 1.54) is 31.2 Å². The van der Waals surface area contributed by atoms with Crippen LogP contribution >= 0.6 is 0 Å². The molecule has 0 bridgehead atoms. The first-order chi connectivity index (χ1) is 9.24. The third-order valence-corrected chi connectivity index (χ3v) is 3.76. The Kier molecular flexibility index (Phi) is 3.42. The first kappa shape index (κ1) is 12.5. The minimum absolute atomic E-state index is 0.291. The lowest BCUT2D eigenvalue weighted by atomic mass is 10.1. The van der Waals surface area contributed by atoms with Crippen LogP contribution in [0.15, 0.2) is 27.4 Å². The summed E-state index contributed by atoms with van der Waals surface area (Å²) in [5, 5.41) is 3.52. The number of aryl methyl sites for hydroxylation is 2. The molecule has 3 rings (SSSR count). The molecular formula is C15H20N2O2. The van der Waals surface area contributed by atoms with E-state index in [1.54, 1.807) is 11.6 Å². The molecule has 102 valence electrons. The minimum Gasteiger partial charge on any atom is -0.408 e. The van der Waals surface area contributed by atoms with E-state index in [0.29, 0.717) is 5.58 Å². The smallest absolute Gasteiger partial charge is 0.408 e. The number of fused-ring (bicyclic) bond motifs is 1. The third kappa shape index (κ3) is 2.89. The van der Waals surface area contributed by atoms with E-state index in [-0.39, 0.29) is 5.76 Å². The Labute approximate surface area is 112 Å². The van der Waals surface area contributed by atoms with E-state index < -0.39 is 0 Å². The van der Waals surface area contributed by atoms with E-state index in [1.807, 2.05) is 12.1 Å². The van der Waals surface area contributed by atoms with Crippen molar-refractivity contribution in [1.82, 2.24) is 9.88 Å². The Bertz CT molecular complexity index is 623. The summed E-state index contributed by atoms with van der Waals surface area (Å²) in [6, 6.07) is 6.85. The molecular weight excluding hydrogens is 240 g/mol. The van der Waals surface area contributed by atoms with E-state index >= 15 is 0 Å². The van der Waals surface area contributed by atoms with E-state index in [4.69, 9.17) is 4.42 Å². The number of unbranched alkanes of at least 4 members (excludes halogenated alkanes) is 1. The molecule has 4 heteroatoms. The first-order valence-electron chi connectivity index (χ1n) is 7.06. The zero-order chi connectivity index (χ0) is 13.2. The molecule has 1 N–H and O–H groups in total. The summed E-state index contributed by atoms with van der Waals surface area (Å²) in [5.74, 6) is -0.291. The van der Waals surface area contributed by atoms with Crippen molar-refractivity contribution in [3.8, 4) is 0 Å². The zero-order valence-corrected chi connectivity index (χ0v) is 11.3. The molecule has 1 saturated carbocycles. The molecule has 0 radical (unpaired) electrons. The van der Waals surface area contributed by atoms with Gasteiger partial charge in [0.25, 0.3) is 0 Å². The molecule has 1 fully saturated rings. The summed E-state index contributed by atoms with van der Waals surface area (Å²) in [7, 11) is 1.73. The normalized spacial score (nSPS) is 15.2. The van der Waals surface area contributed by atoms with Crippen molar-refractivity contribution in [2.45, 2.75) is 38.1 Å². The summed E-state index contributed by atoms with van der Waals surface area (Å²) in [6.45, 7) is 1.12. The lowest BCUT2D eigenvalue weighted by molar-refractivity contribution is 0.527. The van der Waals surface area contributed by atoms with Crippen molar-refractivity contribution in [3.63, 3.8) is 0 Å². The molecule has 4 nitrogen and oxygen atoms in total. The van der Waals surface area contributed by atoms with Crippen LogP contribution in [-0.4, -0.2) is 17.2 Å². The van der Waals surface area contributed by atoms with Crippen molar-refractivity contribution in [3.05, 3.63) is 34.3 Å². The molecule has 1 heterocycles. The highest BCUT2D eigenvalue weighted by Crippen LogP contribution is 2.19. The van der Waals surface area contributed by atoms with Gasteiger partial charge in [0, 0.05) is 13.1 Å². The van der Waals surface area contributed by atoms with Crippen molar-refractivity contribution >= 4 is 11.1 Å². The quantitative estimate of drug-likeness (QED) is 0.810. The van der Waals surface area contributed by atoms with Gasteiger partial charge in [-0.25, -0.2) is 4.79 Å². The highest BCUT2D eigenvalue weighted by atomic mass is 16.4.